The van der Waals surface area contributed by atoms with E-state index in [4.69, 9.17) is 24.5 Å². The Balaban J connectivity index is 0.000000360. The van der Waals surface area contributed by atoms with Crippen LogP contribution in [-0.2, 0) is 33.8 Å². The van der Waals surface area contributed by atoms with Gasteiger partial charge < -0.3 is 19.9 Å². The Hall–Kier alpha value is -2.50. The first-order valence-corrected chi connectivity index (χ1v) is 10.5. The highest BCUT2D eigenvalue weighted by Gasteiger charge is 2.38. The average Bonchev–Trinajstić information content (AvgIpc) is 3.18. The van der Waals surface area contributed by atoms with E-state index in [0.717, 1.165) is 70.1 Å². The van der Waals surface area contributed by atoms with E-state index >= 15 is 0 Å². The molecule has 0 spiro atoms. The van der Waals surface area contributed by atoms with Gasteiger partial charge in [-0.1, -0.05) is 6.07 Å². The zero-order chi connectivity index (χ0) is 23.0. The maximum Gasteiger partial charge on any atom is 0.490 e. The molecule has 0 saturated carbocycles. The van der Waals surface area contributed by atoms with Crippen LogP contribution in [-0.4, -0.2) is 58.4 Å². The van der Waals surface area contributed by atoms with E-state index in [2.05, 4.69) is 21.2 Å². The quantitative estimate of drug-likeness (QED) is 0.690. The number of nitrogens with one attached hydrogen (secondary N) is 1. The van der Waals surface area contributed by atoms with E-state index < -0.39 is 12.1 Å². The van der Waals surface area contributed by atoms with Gasteiger partial charge in [0.15, 0.2) is 0 Å². The van der Waals surface area contributed by atoms with Gasteiger partial charge in [0.2, 0.25) is 0 Å². The number of pyridine rings is 1. The Kier molecular flexibility index (Phi) is 8.60. The van der Waals surface area contributed by atoms with Crippen LogP contribution in [0.5, 0.6) is 0 Å². The second kappa shape index (κ2) is 11.4. The van der Waals surface area contributed by atoms with Gasteiger partial charge in [-0.15, -0.1) is 0 Å². The number of carbonyl (C=O) groups is 1. The van der Waals surface area contributed by atoms with Gasteiger partial charge in [0.1, 0.15) is 6.10 Å². The fourth-order valence-electron chi connectivity index (χ4n) is 3.61. The molecule has 1 unspecified atom stereocenters. The highest BCUT2D eigenvalue weighted by atomic mass is 19.4. The summed E-state index contributed by atoms with van der Waals surface area (Å²) in [7, 11) is 0. The summed E-state index contributed by atoms with van der Waals surface area (Å²) in [5, 5.41) is 15.4. The predicted molar refractivity (Wildman–Crippen MR) is 108 cm³/mol. The molecule has 1 atom stereocenters. The number of aromatic nitrogens is 3. The van der Waals surface area contributed by atoms with Crippen molar-refractivity contribution < 1.29 is 32.5 Å². The minimum absolute atomic E-state index is 0.0309. The summed E-state index contributed by atoms with van der Waals surface area (Å²) in [6, 6.07) is 5.98. The topological polar surface area (TPSA) is 98.5 Å². The molecule has 8 nitrogen and oxygen atoms in total. The van der Waals surface area contributed by atoms with Crippen molar-refractivity contribution in [3.8, 4) is 0 Å². The summed E-state index contributed by atoms with van der Waals surface area (Å²) in [6.45, 7) is 5.04. The molecule has 2 aromatic heterocycles. The van der Waals surface area contributed by atoms with Crippen molar-refractivity contribution in [1.82, 2.24) is 20.1 Å². The first-order valence-electron chi connectivity index (χ1n) is 10.5. The summed E-state index contributed by atoms with van der Waals surface area (Å²) >= 11 is 0. The molecule has 32 heavy (non-hydrogen) atoms. The SMILES string of the molecule is O=C(O)C(F)(F)F.c1ccc(CNCC2OCCc3cn(CC4CCOCC4)nc32)nc1. The van der Waals surface area contributed by atoms with Crippen molar-refractivity contribution >= 4 is 5.97 Å². The number of hydrogen-bond donors (Lipinski definition) is 2. The molecule has 2 aliphatic rings. The highest BCUT2D eigenvalue weighted by Crippen LogP contribution is 2.26. The first-order chi connectivity index (χ1) is 15.3. The number of ether oxygens (including phenoxy) is 2. The highest BCUT2D eigenvalue weighted by molar-refractivity contribution is 5.73. The zero-order valence-electron chi connectivity index (χ0n) is 17.6. The van der Waals surface area contributed by atoms with E-state index in [1.807, 2.05) is 24.4 Å². The Labute approximate surface area is 183 Å². The van der Waals surface area contributed by atoms with Crippen molar-refractivity contribution in [2.45, 2.75) is 44.6 Å². The molecule has 1 fully saturated rings. The molecular formula is C21H27F3N4O4. The molecule has 0 radical (unpaired) electrons. The number of alkyl halides is 3. The standard InChI is InChI=1S/C19H26N4O2.C2HF3O2/c1-2-7-21-17(3-1)11-20-12-18-19-16(6-10-25-18)14-23(22-19)13-15-4-8-24-9-5-15;3-2(4,5)1(6)7/h1-3,7,14-15,18,20H,4-6,8-13H2;(H,6,7). The van der Waals surface area contributed by atoms with E-state index in [9.17, 15) is 13.2 Å². The van der Waals surface area contributed by atoms with Gasteiger partial charge in [-0.2, -0.15) is 18.3 Å². The number of fused-ring (bicyclic) bond motifs is 1. The third-order valence-electron chi connectivity index (χ3n) is 5.26. The van der Waals surface area contributed by atoms with Crippen molar-refractivity contribution in [2.24, 2.45) is 5.92 Å². The second-order valence-corrected chi connectivity index (χ2v) is 7.68. The Morgan fingerprint density at radius 1 is 1.25 bits per heavy atom. The number of hydrogen-bond acceptors (Lipinski definition) is 6. The van der Waals surface area contributed by atoms with Gasteiger partial charge in [0.25, 0.3) is 0 Å². The molecule has 2 N–H and O–H groups in total. The molecule has 4 rings (SSSR count). The average molecular weight is 456 g/mol. The largest absolute Gasteiger partial charge is 0.490 e. The number of rotatable bonds is 6. The van der Waals surface area contributed by atoms with Crippen LogP contribution in [0.4, 0.5) is 13.2 Å². The molecule has 1 saturated heterocycles. The predicted octanol–water partition coefficient (Wildman–Crippen LogP) is 2.74. The van der Waals surface area contributed by atoms with Gasteiger partial charge >= 0.3 is 12.1 Å². The molecule has 2 aliphatic heterocycles. The van der Waals surface area contributed by atoms with Crippen LogP contribution >= 0.6 is 0 Å². The maximum atomic E-state index is 10.6. The van der Waals surface area contributed by atoms with Crippen LogP contribution in [0.2, 0.25) is 0 Å². The molecule has 0 amide bonds. The van der Waals surface area contributed by atoms with Crippen LogP contribution in [0.1, 0.15) is 35.9 Å². The van der Waals surface area contributed by atoms with E-state index in [-0.39, 0.29) is 6.10 Å². The molecule has 0 aromatic carbocycles. The normalized spacial score (nSPS) is 19.0. The minimum Gasteiger partial charge on any atom is -0.475 e. The lowest BCUT2D eigenvalue weighted by molar-refractivity contribution is -0.192. The van der Waals surface area contributed by atoms with Crippen LogP contribution in [0.15, 0.2) is 30.6 Å². The van der Waals surface area contributed by atoms with E-state index in [1.165, 1.54) is 5.56 Å². The van der Waals surface area contributed by atoms with Crippen LogP contribution in [0.25, 0.3) is 0 Å². The minimum atomic E-state index is -5.08. The van der Waals surface area contributed by atoms with Crippen molar-refractivity contribution in [2.75, 3.05) is 26.4 Å². The van der Waals surface area contributed by atoms with Gasteiger partial charge in [-0.3, -0.25) is 9.67 Å². The number of aliphatic carboxylic acids is 1. The Morgan fingerprint density at radius 2 is 2.00 bits per heavy atom. The molecule has 0 bridgehead atoms. The molecular weight excluding hydrogens is 429 g/mol. The van der Waals surface area contributed by atoms with Gasteiger partial charge in [0.05, 0.1) is 18.0 Å². The second-order valence-electron chi connectivity index (χ2n) is 7.68. The van der Waals surface area contributed by atoms with Crippen LogP contribution < -0.4 is 5.32 Å². The summed E-state index contributed by atoms with van der Waals surface area (Å²) in [6.07, 6.45) is 2.22. The molecule has 11 heteroatoms. The number of carboxylic acid groups (broad SMARTS) is 1. The summed E-state index contributed by atoms with van der Waals surface area (Å²) in [5.74, 6) is -2.08. The van der Waals surface area contributed by atoms with E-state index in [1.54, 1.807) is 0 Å². The lowest BCUT2D eigenvalue weighted by Crippen LogP contribution is -2.27. The van der Waals surface area contributed by atoms with Gasteiger partial charge in [0, 0.05) is 45.2 Å². The van der Waals surface area contributed by atoms with Crippen molar-refractivity contribution in [3.63, 3.8) is 0 Å². The zero-order valence-corrected chi connectivity index (χ0v) is 17.6. The number of carboxylic acids is 1. The fraction of sp³-hybridized carbons (Fsp3) is 0.571. The number of nitrogens with zero attached hydrogens (tertiary/aromatic N) is 3. The summed E-state index contributed by atoms with van der Waals surface area (Å²) in [4.78, 5) is 13.2. The monoisotopic (exact) mass is 456 g/mol. The molecule has 2 aromatic rings. The molecule has 176 valence electrons. The lowest BCUT2D eigenvalue weighted by atomic mass is 10.0. The van der Waals surface area contributed by atoms with E-state index in [0.29, 0.717) is 5.92 Å². The molecule has 4 heterocycles. The third kappa shape index (κ3) is 7.28. The first kappa shape index (κ1) is 24.1. The maximum absolute atomic E-state index is 10.6. The molecule has 0 aliphatic carbocycles. The summed E-state index contributed by atoms with van der Waals surface area (Å²) in [5.41, 5.74) is 3.48. The van der Waals surface area contributed by atoms with Crippen molar-refractivity contribution in [3.05, 3.63) is 47.5 Å². The van der Waals surface area contributed by atoms with Crippen LogP contribution in [0.3, 0.4) is 0 Å². The third-order valence-corrected chi connectivity index (χ3v) is 5.26. The van der Waals surface area contributed by atoms with Crippen LogP contribution in [0, 0.1) is 5.92 Å². The smallest absolute Gasteiger partial charge is 0.475 e. The number of halogens is 3. The van der Waals surface area contributed by atoms with Gasteiger partial charge in [-0.05, 0) is 42.9 Å². The van der Waals surface area contributed by atoms with Crippen molar-refractivity contribution in [1.29, 1.82) is 0 Å². The fourth-order valence-corrected chi connectivity index (χ4v) is 3.61. The summed E-state index contributed by atoms with van der Waals surface area (Å²) < 4.78 is 45.3. The lowest BCUT2D eigenvalue weighted by Gasteiger charge is -2.22. The Bertz CT molecular complexity index is 854. The van der Waals surface area contributed by atoms with Gasteiger partial charge in [-0.25, -0.2) is 4.79 Å². The Morgan fingerprint density at radius 3 is 2.66 bits per heavy atom.